The van der Waals surface area contributed by atoms with Crippen LogP contribution in [0.3, 0.4) is 0 Å². The summed E-state index contributed by atoms with van der Waals surface area (Å²) in [6, 6.07) is 0. The number of alkyl halides is 2. The maximum absolute atomic E-state index is 12.6. The highest BCUT2D eigenvalue weighted by molar-refractivity contribution is 8.00. The summed E-state index contributed by atoms with van der Waals surface area (Å²) in [6.45, 7) is 0.425. The minimum Gasteiger partial charge on any atom is -0.360 e. The first-order valence-electron chi connectivity index (χ1n) is 6.20. The third-order valence-electron chi connectivity index (χ3n) is 2.50. The molecule has 9 heteroatoms. The summed E-state index contributed by atoms with van der Waals surface area (Å²) in [7, 11) is 0. The third-order valence-corrected chi connectivity index (χ3v) is 4.51. The molecule has 2 heterocycles. The van der Waals surface area contributed by atoms with Crippen LogP contribution >= 0.6 is 23.1 Å². The van der Waals surface area contributed by atoms with Crippen molar-refractivity contribution in [2.24, 2.45) is 0 Å². The topological polar surface area (TPSA) is 55.6 Å². The van der Waals surface area contributed by atoms with Crippen molar-refractivity contribution in [3.8, 4) is 0 Å². The smallest absolute Gasteiger partial charge is 0.319 e. The van der Waals surface area contributed by atoms with E-state index in [9.17, 15) is 8.78 Å². The van der Waals surface area contributed by atoms with Crippen molar-refractivity contribution >= 4 is 28.2 Å². The Labute approximate surface area is 123 Å². The Bertz CT molecular complexity index is 528. The molecule has 110 valence electrons. The van der Waals surface area contributed by atoms with E-state index in [1.807, 2.05) is 0 Å². The molecule has 20 heavy (non-hydrogen) atoms. The zero-order chi connectivity index (χ0) is 14.4. The highest BCUT2D eigenvalue weighted by Crippen LogP contribution is 2.28. The summed E-state index contributed by atoms with van der Waals surface area (Å²) in [5, 5.41) is 12.0. The largest absolute Gasteiger partial charge is 0.360 e. The van der Waals surface area contributed by atoms with Gasteiger partial charge in [0.25, 0.3) is 0 Å². The van der Waals surface area contributed by atoms with Crippen LogP contribution in [0.5, 0.6) is 0 Å². The van der Waals surface area contributed by atoms with Crippen LogP contribution in [-0.4, -0.2) is 26.3 Å². The first-order valence-corrected chi connectivity index (χ1v) is 8.01. The second kappa shape index (κ2) is 7.53. The Morgan fingerprint density at radius 3 is 3.05 bits per heavy atom. The Morgan fingerprint density at radius 1 is 1.45 bits per heavy atom. The summed E-state index contributed by atoms with van der Waals surface area (Å²) in [5.41, 5.74) is 0. The van der Waals surface area contributed by atoms with Crippen LogP contribution in [0.4, 0.5) is 13.9 Å². The summed E-state index contributed by atoms with van der Waals surface area (Å²) in [5.74, 6) is 0.682. The van der Waals surface area contributed by atoms with Gasteiger partial charge in [-0.25, -0.2) is 4.98 Å². The van der Waals surface area contributed by atoms with Gasteiger partial charge < -0.3 is 5.32 Å². The highest BCUT2D eigenvalue weighted by Gasteiger charge is 2.12. The van der Waals surface area contributed by atoms with Crippen LogP contribution in [0, 0.1) is 0 Å². The number of anilines is 1. The molecule has 0 unspecified atom stereocenters. The lowest BCUT2D eigenvalue weighted by Crippen LogP contribution is -2.01. The number of hydrogen-bond acceptors (Lipinski definition) is 6. The van der Waals surface area contributed by atoms with E-state index < -0.39 is 6.55 Å². The van der Waals surface area contributed by atoms with Crippen LogP contribution < -0.4 is 5.32 Å². The van der Waals surface area contributed by atoms with Crippen LogP contribution in [0.2, 0.25) is 0 Å². The lowest BCUT2D eigenvalue weighted by molar-refractivity contribution is 0.0678. The molecule has 0 aromatic carbocycles. The third kappa shape index (κ3) is 4.14. The van der Waals surface area contributed by atoms with Crippen molar-refractivity contribution in [2.75, 3.05) is 11.9 Å². The van der Waals surface area contributed by atoms with E-state index in [4.69, 9.17) is 0 Å². The normalized spacial score (nSPS) is 11.2. The van der Waals surface area contributed by atoms with Crippen molar-refractivity contribution in [1.29, 1.82) is 0 Å². The number of nitrogens with zero attached hydrogens (tertiary/aromatic N) is 4. The number of nitrogens with one attached hydrogen (secondary N) is 1. The van der Waals surface area contributed by atoms with Crippen LogP contribution in [-0.2, 0) is 5.75 Å². The number of thioether (sulfide) groups is 1. The van der Waals surface area contributed by atoms with Gasteiger partial charge in [0.15, 0.2) is 4.34 Å². The average Bonchev–Trinajstić information content (AvgIpc) is 3.05. The fourth-order valence-electron chi connectivity index (χ4n) is 1.47. The zero-order valence-corrected chi connectivity index (χ0v) is 12.6. The maximum Gasteiger partial charge on any atom is 0.319 e. The van der Waals surface area contributed by atoms with Crippen molar-refractivity contribution in [1.82, 2.24) is 19.7 Å². The van der Waals surface area contributed by atoms with Gasteiger partial charge in [-0.15, -0.1) is 10.2 Å². The molecule has 2 rings (SSSR count). The van der Waals surface area contributed by atoms with Crippen LogP contribution in [0.15, 0.2) is 16.7 Å². The lowest BCUT2D eigenvalue weighted by atomic mass is 10.3. The fraction of sp³-hybridized carbons (Fsp3) is 0.545. The van der Waals surface area contributed by atoms with Crippen molar-refractivity contribution in [2.45, 2.75) is 36.4 Å². The molecule has 0 saturated carbocycles. The number of aromatic nitrogens is 4. The van der Waals surface area contributed by atoms with E-state index >= 15 is 0 Å². The van der Waals surface area contributed by atoms with Gasteiger partial charge in [0.05, 0.1) is 5.75 Å². The summed E-state index contributed by atoms with van der Waals surface area (Å²) >= 11 is 2.78. The number of hydrogen-bond donors (Lipinski definition) is 1. The Kier molecular flexibility index (Phi) is 5.72. The second-order valence-corrected chi connectivity index (χ2v) is 6.17. The molecule has 0 fully saturated rings. The molecule has 0 aliphatic rings. The Hall–Kier alpha value is -1.22. The van der Waals surface area contributed by atoms with E-state index in [0.29, 0.717) is 11.6 Å². The summed E-state index contributed by atoms with van der Waals surface area (Å²) in [4.78, 5) is 3.92. The molecule has 1 N–H and O–H groups in total. The molecular formula is C11H15F2N5S2. The Morgan fingerprint density at radius 2 is 2.30 bits per heavy atom. The quantitative estimate of drug-likeness (QED) is 0.595. The van der Waals surface area contributed by atoms with Gasteiger partial charge >= 0.3 is 6.55 Å². The molecule has 2 aromatic rings. The van der Waals surface area contributed by atoms with Gasteiger partial charge in [0.2, 0.25) is 5.13 Å². The standard InChI is InChI=1S/C11H15F2N5S2/c1-2-3-4-15-10-16-17-11(20-10)19-7-8-14-5-6-18(8)9(12)13/h5-6,9H,2-4,7H2,1H3,(H,15,16). The van der Waals surface area contributed by atoms with Gasteiger partial charge in [0.1, 0.15) is 5.82 Å². The molecule has 0 atom stereocenters. The van der Waals surface area contributed by atoms with Crippen LogP contribution in [0.25, 0.3) is 0 Å². The first kappa shape index (κ1) is 15.2. The van der Waals surface area contributed by atoms with Gasteiger partial charge in [-0.05, 0) is 6.42 Å². The van der Waals surface area contributed by atoms with E-state index in [1.165, 1.54) is 35.5 Å². The number of imidazole rings is 1. The first-order chi connectivity index (χ1) is 9.70. The molecule has 0 amide bonds. The molecule has 0 aliphatic heterocycles. The minimum atomic E-state index is -2.56. The molecule has 0 radical (unpaired) electrons. The molecule has 5 nitrogen and oxygen atoms in total. The lowest BCUT2D eigenvalue weighted by Gasteiger charge is -2.04. The summed E-state index contributed by atoms with van der Waals surface area (Å²) in [6.07, 6.45) is 4.84. The average molecular weight is 319 g/mol. The molecule has 0 aliphatic carbocycles. The zero-order valence-electron chi connectivity index (χ0n) is 10.9. The molecule has 0 bridgehead atoms. The van der Waals surface area contributed by atoms with Crippen molar-refractivity contribution in [3.63, 3.8) is 0 Å². The second-order valence-electron chi connectivity index (χ2n) is 3.97. The predicted molar refractivity (Wildman–Crippen MR) is 76.3 cm³/mol. The Balaban J connectivity index is 1.86. The SMILES string of the molecule is CCCCNc1nnc(SCc2nccn2C(F)F)s1. The number of rotatable bonds is 8. The van der Waals surface area contributed by atoms with E-state index in [1.54, 1.807) is 0 Å². The number of halogens is 2. The number of unbranched alkanes of at least 4 members (excludes halogenated alkanes) is 1. The fourth-order valence-corrected chi connectivity index (χ4v) is 3.20. The van der Waals surface area contributed by atoms with Crippen LogP contribution in [0.1, 0.15) is 32.1 Å². The van der Waals surface area contributed by atoms with Gasteiger partial charge in [-0.1, -0.05) is 36.4 Å². The highest BCUT2D eigenvalue weighted by atomic mass is 32.2. The van der Waals surface area contributed by atoms with E-state index in [0.717, 1.165) is 33.4 Å². The molecular weight excluding hydrogens is 304 g/mol. The van der Waals surface area contributed by atoms with Gasteiger partial charge in [-0.3, -0.25) is 4.57 Å². The van der Waals surface area contributed by atoms with Crippen molar-refractivity contribution in [3.05, 3.63) is 18.2 Å². The van der Waals surface area contributed by atoms with Crippen molar-refractivity contribution < 1.29 is 8.78 Å². The minimum absolute atomic E-state index is 0.334. The summed E-state index contributed by atoms with van der Waals surface area (Å²) < 4.78 is 26.9. The van der Waals surface area contributed by atoms with E-state index in [2.05, 4.69) is 27.4 Å². The maximum atomic E-state index is 12.6. The van der Waals surface area contributed by atoms with Gasteiger partial charge in [0, 0.05) is 18.9 Å². The molecule has 0 saturated heterocycles. The molecule has 2 aromatic heterocycles. The monoisotopic (exact) mass is 319 g/mol. The van der Waals surface area contributed by atoms with E-state index in [-0.39, 0.29) is 0 Å². The predicted octanol–water partition coefficient (Wildman–Crippen LogP) is 3.63. The van der Waals surface area contributed by atoms with Gasteiger partial charge in [-0.2, -0.15) is 8.78 Å². The molecule has 0 spiro atoms.